The highest BCUT2D eigenvalue weighted by molar-refractivity contribution is 6.94. The summed E-state index contributed by atoms with van der Waals surface area (Å²) >= 11 is 0. The smallest absolute Gasteiger partial charge is 0.333 e. The van der Waals surface area contributed by atoms with E-state index in [9.17, 15) is 0 Å². The van der Waals surface area contributed by atoms with Crippen molar-refractivity contribution >= 4 is 83.9 Å². The van der Waals surface area contributed by atoms with Crippen LogP contribution in [0.4, 0.5) is 11.4 Å². The minimum Gasteiger partial charge on any atom is -0.436 e. The summed E-state index contributed by atoms with van der Waals surface area (Å²) in [7, 11) is 0. The molecule has 0 unspecified atom stereocenters. The standard InChI is InChI=1S/C50H31BN4O/c1-30-23-25-32(26-24-30)55-43-22-12-7-17-35(43)37-27-45(53-40-19-9-5-15-33(40)34-16-6-10-20-41(34)53)47-36-18-8-11-21-42(36)54-44-29-39-46(28-38(44)51(55)48(37)49(47)54)56-50(52-39)31-13-3-2-4-14-31/h2-29H,1H3. The lowest BCUT2D eigenvalue weighted by molar-refractivity contribution is 0.620. The Labute approximate surface area is 322 Å². The number of hydrogen-bond donors (Lipinski definition) is 0. The summed E-state index contributed by atoms with van der Waals surface area (Å²) in [6, 6.07) is 61.7. The Morgan fingerprint density at radius 2 is 1.18 bits per heavy atom. The van der Waals surface area contributed by atoms with Gasteiger partial charge in [-0.15, -0.1) is 0 Å². The third-order valence-electron chi connectivity index (χ3n) is 12.2. The quantitative estimate of drug-likeness (QED) is 0.171. The minimum atomic E-state index is -0.140. The van der Waals surface area contributed by atoms with E-state index in [1.807, 2.05) is 18.2 Å². The van der Waals surface area contributed by atoms with Crippen molar-refractivity contribution in [3.8, 4) is 34.0 Å². The third kappa shape index (κ3) is 3.87. The van der Waals surface area contributed by atoms with Gasteiger partial charge in [-0.05, 0) is 90.1 Å². The first-order valence-corrected chi connectivity index (χ1v) is 19.3. The Morgan fingerprint density at radius 3 is 1.93 bits per heavy atom. The van der Waals surface area contributed by atoms with Gasteiger partial charge in [0.05, 0.1) is 27.8 Å². The molecule has 6 heteroatoms. The average Bonchev–Trinajstić information content (AvgIpc) is 3.94. The number of fused-ring (bicyclic) bond motifs is 12. The zero-order chi connectivity index (χ0) is 36.6. The van der Waals surface area contributed by atoms with Gasteiger partial charge in [0, 0.05) is 49.7 Å². The molecule has 0 aliphatic carbocycles. The van der Waals surface area contributed by atoms with Gasteiger partial charge < -0.3 is 18.4 Å². The number of oxazole rings is 1. The van der Waals surface area contributed by atoms with E-state index in [1.165, 1.54) is 82.6 Å². The second kappa shape index (κ2) is 10.9. The third-order valence-corrected chi connectivity index (χ3v) is 12.2. The summed E-state index contributed by atoms with van der Waals surface area (Å²) in [5, 5.41) is 4.97. The molecule has 5 heterocycles. The molecule has 0 spiro atoms. The summed E-state index contributed by atoms with van der Waals surface area (Å²) in [5.41, 5.74) is 18.2. The molecule has 0 amide bonds. The molecule has 13 rings (SSSR count). The van der Waals surface area contributed by atoms with Gasteiger partial charge in [-0.25, -0.2) is 4.98 Å². The van der Waals surface area contributed by atoms with Crippen LogP contribution in [-0.4, -0.2) is 21.0 Å². The van der Waals surface area contributed by atoms with Crippen molar-refractivity contribution in [1.82, 2.24) is 14.1 Å². The predicted octanol–water partition coefficient (Wildman–Crippen LogP) is 11.2. The topological polar surface area (TPSA) is 39.1 Å². The van der Waals surface area contributed by atoms with Crippen molar-refractivity contribution in [3.05, 3.63) is 175 Å². The van der Waals surface area contributed by atoms with Crippen LogP contribution in [-0.2, 0) is 0 Å². The van der Waals surface area contributed by atoms with Gasteiger partial charge >= 0.3 is 6.85 Å². The fraction of sp³-hybridized carbons (Fsp3) is 0.0200. The van der Waals surface area contributed by atoms with Crippen LogP contribution in [0.1, 0.15) is 5.56 Å². The lowest BCUT2D eigenvalue weighted by Crippen LogP contribution is -2.60. The molecule has 0 fully saturated rings. The van der Waals surface area contributed by atoms with Crippen LogP contribution in [0.15, 0.2) is 174 Å². The van der Waals surface area contributed by atoms with E-state index in [4.69, 9.17) is 9.40 Å². The molecule has 0 saturated heterocycles. The van der Waals surface area contributed by atoms with Gasteiger partial charge in [-0.3, -0.25) is 0 Å². The Balaban J connectivity index is 1.24. The number of rotatable bonds is 3. The first-order chi connectivity index (χ1) is 27.7. The number of anilines is 2. The number of nitrogens with zero attached hydrogens (tertiary/aromatic N) is 4. The average molecular weight is 715 g/mol. The van der Waals surface area contributed by atoms with Gasteiger partial charge in [0.15, 0.2) is 5.58 Å². The van der Waals surface area contributed by atoms with Crippen LogP contribution in [0.5, 0.6) is 0 Å². The van der Waals surface area contributed by atoms with Crippen molar-refractivity contribution in [2.75, 3.05) is 4.81 Å². The van der Waals surface area contributed by atoms with E-state index in [0.29, 0.717) is 5.89 Å². The molecule has 0 radical (unpaired) electrons. The van der Waals surface area contributed by atoms with E-state index < -0.39 is 0 Å². The summed E-state index contributed by atoms with van der Waals surface area (Å²) in [6.07, 6.45) is 0. The fourth-order valence-electron chi connectivity index (χ4n) is 9.84. The second-order valence-corrected chi connectivity index (χ2v) is 15.2. The second-order valence-electron chi connectivity index (χ2n) is 15.2. The summed E-state index contributed by atoms with van der Waals surface area (Å²) in [5.74, 6) is 0.627. The number of para-hydroxylation sites is 4. The lowest BCUT2D eigenvalue weighted by atomic mass is 9.44. The Hall–Kier alpha value is -7.31. The van der Waals surface area contributed by atoms with Crippen LogP contribution in [0.25, 0.3) is 88.7 Å². The number of benzene rings is 8. The molecule has 8 aromatic carbocycles. The molecule has 0 saturated carbocycles. The first-order valence-electron chi connectivity index (χ1n) is 19.3. The zero-order valence-electron chi connectivity index (χ0n) is 30.4. The van der Waals surface area contributed by atoms with Crippen LogP contribution in [0, 0.1) is 6.92 Å². The van der Waals surface area contributed by atoms with Crippen molar-refractivity contribution in [1.29, 1.82) is 0 Å². The maximum absolute atomic E-state index is 6.63. The number of aryl methyl sites for hydroxylation is 1. The maximum Gasteiger partial charge on any atom is 0.333 e. The highest BCUT2D eigenvalue weighted by atomic mass is 16.3. The van der Waals surface area contributed by atoms with Crippen LogP contribution < -0.4 is 15.7 Å². The molecule has 260 valence electrons. The molecule has 0 atom stereocenters. The SMILES string of the molecule is Cc1ccc(N2B3c4cc5oc(-c6ccccc6)nc5cc4-n4c5ccccc5c5c(-n6c7ccccc7c7ccccc76)cc(c3c54)-c3ccccc32)cc1. The fourth-order valence-corrected chi connectivity index (χ4v) is 9.84. The summed E-state index contributed by atoms with van der Waals surface area (Å²) < 4.78 is 11.6. The molecule has 56 heavy (non-hydrogen) atoms. The van der Waals surface area contributed by atoms with E-state index >= 15 is 0 Å². The van der Waals surface area contributed by atoms with Crippen LogP contribution >= 0.6 is 0 Å². The molecule has 11 aromatic rings. The van der Waals surface area contributed by atoms with Gasteiger partial charge in [-0.1, -0.05) is 109 Å². The number of aromatic nitrogens is 3. The molecular formula is C50H31BN4O. The molecule has 3 aromatic heterocycles. The zero-order valence-corrected chi connectivity index (χ0v) is 30.4. The highest BCUT2D eigenvalue weighted by Crippen LogP contribution is 2.48. The van der Waals surface area contributed by atoms with E-state index in [2.05, 4.69) is 173 Å². The number of hydrogen-bond acceptors (Lipinski definition) is 3. The molecule has 2 aliphatic heterocycles. The van der Waals surface area contributed by atoms with E-state index in [0.717, 1.165) is 28.0 Å². The van der Waals surface area contributed by atoms with Crippen molar-refractivity contribution in [2.45, 2.75) is 6.92 Å². The van der Waals surface area contributed by atoms with Gasteiger partial charge in [0.2, 0.25) is 5.89 Å². The Morgan fingerprint density at radius 1 is 0.536 bits per heavy atom. The normalized spacial score (nSPS) is 13.0. The predicted molar refractivity (Wildman–Crippen MR) is 232 cm³/mol. The first kappa shape index (κ1) is 30.1. The Bertz CT molecular complexity index is 3390. The monoisotopic (exact) mass is 714 g/mol. The molecule has 0 bridgehead atoms. The van der Waals surface area contributed by atoms with Crippen molar-refractivity contribution < 1.29 is 4.42 Å². The summed E-state index contributed by atoms with van der Waals surface area (Å²) in [6.45, 7) is 2.02. The largest absolute Gasteiger partial charge is 0.436 e. The van der Waals surface area contributed by atoms with Crippen LogP contribution in [0.2, 0.25) is 0 Å². The molecule has 5 nitrogen and oxygen atoms in total. The minimum absolute atomic E-state index is 0.140. The van der Waals surface area contributed by atoms with Gasteiger partial charge in [0.1, 0.15) is 5.52 Å². The van der Waals surface area contributed by atoms with Crippen molar-refractivity contribution in [3.63, 3.8) is 0 Å². The Kier molecular flexibility index (Phi) is 5.85. The van der Waals surface area contributed by atoms with E-state index in [-0.39, 0.29) is 6.85 Å². The molecule has 2 aliphatic rings. The summed E-state index contributed by atoms with van der Waals surface area (Å²) in [4.78, 5) is 7.66. The lowest BCUT2D eigenvalue weighted by Gasteiger charge is -2.42. The van der Waals surface area contributed by atoms with Crippen molar-refractivity contribution in [2.24, 2.45) is 0 Å². The van der Waals surface area contributed by atoms with Crippen LogP contribution in [0.3, 0.4) is 0 Å². The van der Waals surface area contributed by atoms with Gasteiger partial charge in [-0.2, -0.15) is 0 Å². The molecular weight excluding hydrogens is 683 g/mol. The maximum atomic E-state index is 6.63. The van der Waals surface area contributed by atoms with Gasteiger partial charge in [0.25, 0.3) is 0 Å². The highest BCUT2D eigenvalue weighted by Gasteiger charge is 2.45. The van der Waals surface area contributed by atoms with E-state index in [1.54, 1.807) is 0 Å². The molecule has 0 N–H and O–H groups in total.